The second-order valence-electron chi connectivity index (χ2n) is 3.75. The van der Waals surface area contributed by atoms with Crippen LogP contribution in [0.25, 0.3) is 0 Å². The van der Waals surface area contributed by atoms with Crippen LogP contribution < -0.4 is 5.32 Å². The van der Waals surface area contributed by atoms with Crippen molar-refractivity contribution >= 4 is 39.1 Å². The van der Waals surface area contributed by atoms with Crippen molar-refractivity contribution in [2.24, 2.45) is 0 Å². The highest BCUT2D eigenvalue weighted by Crippen LogP contribution is 2.25. The van der Waals surface area contributed by atoms with E-state index in [0.717, 1.165) is 10.2 Å². The topological polar surface area (TPSA) is 42.0 Å². The zero-order valence-electron chi connectivity index (χ0n) is 9.58. The van der Waals surface area contributed by atoms with E-state index in [0.29, 0.717) is 16.4 Å². The summed E-state index contributed by atoms with van der Waals surface area (Å²) in [7, 11) is 0. The number of carbonyl (C=O) groups is 1. The van der Waals surface area contributed by atoms with Gasteiger partial charge in [-0.3, -0.25) is 4.79 Å². The van der Waals surface area contributed by atoms with Gasteiger partial charge in [-0.05, 0) is 53.2 Å². The van der Waals surface area contributed by atoms with E-state index in [1.54, 1.807) is 30.3 Å². The molecule has 0 aliphatic carbocycles. The molecule has 5 heteroatoms. The second kappa shape index (κ2) is 5.50. The highest BCUT2D eigenvalue weighted by Gasteiger charge is 2.08. The van der Waals surface area contributed by atoms with E-state index < -0.39 is 0 Å². The number of carbonyl (C=O) groups excluding carboxylic acids is 1. The number of hydrogen-bond acceptors (Lipinski definition) is 2. The van der Waals surface area contributed by atoms with Crippen LogP contribution in [0.4, 0.5) is 5.69 Å². The summed E-state index contributed by atoms with van der Waals surface area (Å²) in [6.45, 7) is 1.84. The summed E-state index contributed by atoms with van der Waals surface area (Å²) in [6.07, 6.45) is 0. The molecule has 0 unspecified atom stereocenters. The third-order valence-corrected chi connectivity index (χ3v) is 3.51. The summed E-state index contributed by atoms with van der Waals surface area (Å²) in [6, 6.07) is 10.5. The minimum absolute atomic E-state index is 0.243. The number of hydrogen-bond donors (Lipinski definition) is 1. The Labute approximate surface area is 118 Å². The Morgan fingerprint density at radius 2 is 2.11 bits per heavy atom. The predicted molar refractivity (Wildman–Crippen MR) is 76.1 cm³/mol. The molecular weight excluding hydrogens is 316 g/mol. The minimum atomic E-state index is -0.243. The Kier molecular flexibility index (Phi) is 3.99. The van der Waals surface area contributed by atoms with Crippen LogP contribution in [0.5, 0.6) is 0 Å². The lowest BCUT2D eigenvalue weighted by Gasteiger charge is -2.06. The van der Waals surface area contributed by atoms with Crippen molar-refractivity contribution in [3.05, 3.63) is 57.3 Å². The number of anilines is 1. The van der Waals surface area contributed by atoms with E-state index in [-0.39, 0.29) is 5.91 Å². The Morgan fingerprint density at radius 3 is 2.78 bits per heavy atom. The van der Waals surface area contributed by atoms with Gasteiger partial charge in [0.25, 0.3) is 5.91 Å². The molecule has 0 spiro atoms. The van der Waals surface area contributed by atoms with Crippen molar-refractivity contribution in [2.75, 3.05) is 5.32 Å². The van der Waals surface area contributed by atoms with E-state index in [4.69, 9.17) is 11.6 Å². The van der Waals surface area contributed by atoms with Crippen molar-refractivity contribution in [2.45, 2.75) is 6.92 Å². The number of nitrogens with one attached hydrogen (secondary N) is 1. The molecule has 0 radical (unpaired) electrons. The van der Waals surface area contributed by atoms with Gasteiger partial charge in [0.05, 0.1) is 5.02 Å². The number of halogens is 2. The van der Waals surface area contributed by atoms with Crippen LogP contribution in [0.15, 0.2) is 40.9 Å². The summed E-state index contributed by atoms with van der Waals surface area (Å²) in [5.41, 5.74) is 1.86. The number of benzene rings is 1. The van der Waals surface area contributed by atoms with Gasteiger partial charge in [0.15, 0.2) is 0 Å². The lowest BCUT2D eigenvalue weighted by molar-refractivity contribution is 0.102. The van der Waals surface area contributed by atoms with Gasteiger partial charge in [-0.15, -0.1) is 0 Å². The van der Waals surface area contributed by atoms with E-state index in [2.05, 4.69) is 26.2 Å². The number of rotatable bonds is 2. The first-order valence-corrected chi connectivity index (χ1v) is 6.43. The van der Waals surface area contributed by atoms with Gasteiger partial charge >= 0.3 is 0 Å². The molecule has 92 valence electrons. The van der Waals surface area contributed by atoms with Crippen molar-refractivity contribution in [3.8, 4) is 0 Å². The predicted octanol–water partition coefficient (Wildman–Crippen LogP) is 4.06. The Hall–Kier alpha value is -1.39. The number of nitrogens with zero attached hydrogens (tertiary/aromatic N) is 1. The Morgan fingerprint density at radius 1 is 1.33 bits per heavy atom. The van der Waals surface area contributed by atoms with Crippen LogP contribution in [-0.2, 0) is 0 Å². The average Bonchev–Trinajstić information content (AvgIpc) is 2.34. The quantitative estimate of drug-likeness (QED) is 0.905. The molecule has 0 saturated heterocycles. The fourth-order valence-corrected chi connectivity index (χ4v) is 1.93. The van der Waals surface area contributed by atoms with E-state index in [1.165, 1.54) is 0 Å². The lowest BCUT2D eigenvalue weighted by atomic mass is 10.2. The third kappa shape index (κ3) is 3.09. The first-order valence-electron chi connectivity index (χ1n) is 5.26. The fourth-order valence-electron chi connectivity index (χ4n) is 1.44. The zero-order chi connectivity index (χ0) is 13.1. The summed E-state index contributed by atoms with van der Waals surface area (Å²) in [5.74, 6) is -0.243. The van der Waals surface area contributed by atoms with Crippen molar-refractivity contribution in [3.63, 3.8) is 0 Å². The monoisotopic (exact) mass is 324 g/mol. The standard InChI is InChI=1S/C13H10BrClN2O/c1-8-3-2-4-12(16-8)13(18)17-9-5-6-11(15)10(14)7-9/h2-7H,1H3,(H,17,18). The van der Waals surface area contributed by atoms with Crippen molar-refractivity contribution < 1.29 is 4.79 Å². The van der Waals surface area contributed by atoms with Gasteiger partial charge < -0.3 is 5.32 Å². The number of amides is 1. The maximum absolute atomic E-state index is 11.9. The van der Waals surface area contributed by atoms with Crippen molar-refractivity contribution in [1.29, 1.82) is 0 Å². The summed E-state index contributed by atoms with van der Waals surface area (Å²) >= 11 is 9.19. The van der Waals surface area contributed by atoms with E-state index >= 15 is 0 Å². The number of aryl methyl sites for hydroxylation is 1. The summed E-state index contributed by atoms with van der Waals surface area (Å²) < 4.78 is 0.735. The highest BCUT2D eigenvalue weighted by molar-refractivity contribution is 9.10. The third-order valence-electron chi connectivity index (χ3n) is 2.30. The first kappa shape index (κ1) is 13.1. The molecule has 0 aliphatic heterocycles. The Balaban J connectivity index is 2.18. The number of aromatic nitrogens is 1. The maximum atomic E-state index is 11.9. The summed E-state index contributed by atoms with van der Waals surface area (Å²) in [4.78, 5) is 16.1. The second-order valence-corrected chi connectivity index (χ2v) is 5.01. The van der Waals surface area contributed by atoms with Gasteiger partial charge in [0, 0.05) is 15.9 Å². The van der Waals surface area contributed by atoms with Gasteiger partial charge in [-0.25, -0.2) is 4.98 Å². The molecule has 1 N–H and O–H groups in total. The molecule has 0 bridgehead atoms. The average molecular weight is 326 g/mol. The fraction of sp³-hybridized carbons (Fsp3) is 0.0769. The molecule has 0 fully saturated rings. The first-order chi connectivity index (χ1) is 8.56. The molecule has 1 aromatic heterocycles. The van der Waals surface area contributed by atoms with Crippen LogP contribution >= 0.6 is 27.5 Å². The minimum Gasteiger partial charge on any atom is -0.321 e. The normalized spacial score (nSPS) is 10.2. The van der Waals surface area contributed by atoms with Crippen LogP contribution in [0.3, 0.4) is 0 Å². The van der Waals surface area contributed by atoms with E-state index in [9.17, 15) is 4.79 Å². The maximum Gasteiger partial charge on any atom is 0.274 e. The SMILES string of the molecule is Cc1cccc(C(=O)Nc2ccc(Cl)c(Br)c2)n1. The van der Waals surface area contributed by atoms with Crippen molar-refractivity contribution in [1.82, 2.24) is 4.98 Å². The molecule has 3 nitrogen and oxygen atoms in total. The van der Waals surface area contributed by atoms with Crippen LogP contribution in [0.1, 0.15) is 16.2 Å². The molecular formula is C13H10BrClN2O. The van der Waals surface area contributed by atoms with Crippen LogP contribution in [0, 0.1) is 6.92 Å². The van der Waals surface area contributed by atoms with Crippen LogP contribution in [-0.4, -0.2) is 10.9 Å². The van der Waals surface area contributed by atoms with Crippen LogP contribution in [0.2, 0.25) is 5.02 Å². The molecule has 1 aromatic carbocycles. The van der Waals surface area contributed by atoms with E-state index in [1.807, 2.05) is 13.0 Å². The molecule has 1 amide bonds. The van der Waals surface area contributed by atoms with Gasteiger partial charge in [-0.2, -0.15) is 0 Å². The zero-order valence-corrected chi connectivity index (χ0v) is 11.9. The summed E-state index contributed by atoms with van der Waals surface area (Å²) in [5, 5.41) is 3.36. The molecule has 0 saturated carbocycles. The molecule has 2 rings (SSSR count). The molecule has 1 heterocycles. The Bertz CT molecular complexity index is 601. The molecule has 0 aliphatic rings. The number of pyridine rings is 1. The van der Waals surface area contributed by atoms with Gasteiger partial charge in [-0.1, -0.05) is 17.7 Å². The lowest BCUT2D eigenvalue weighted by Crippen LogP contribution is -2.13. The highest BCUT2D eigenvalue weighted by atomic mass is 79.9. The van der Waals surface area contributed by atoms with Gasteiger partial charge in [0.2, 0.25) is 0 Å². The largest absolute Gasteiger partial charge is 0.321 e. The van der Waals surface area contributed by atoms with Gasteiger partial charge in [0.1, 0.15) is 5.69 Å². The molecule has 2 aromatic rings. The molecule has 0 atom stereocenters. The molecule has 18 heavy (non-hydrogen) atoms. The smallest absolute Gasteiger partial charge is 0.274 e.